The van der Waals surface area contributed by atoms with Gasteiger partial charge in [0.1, 0.15) is 0 Å². The maximum Gasteiger partial charge on any atom is 0.228 e. The molecule has 0 radical (unpaired) electrons. The number of carbonyl (C=O) groups excluding carboxylic acids is 1. The first-order valence-corrected chi connectivity index (χ1v) is 6.87. The number of nitrogens with two attached hydrogens (primary N) is 1. The van der Waals surface area contributed by atoms with Gasteiger partial charge < -0.3 is 20.1 Å². The van der Waals surface area contributed by atoms with E-state index in [0.717, 1.165) is 38.8 Å². The molecular weight excluding hydrogens is 232 g/mol. The lowest BCUT2D eigenvalue weighted by molar-refractivity contribution is -0.145. The Balaban J connectivity index is 1.95. The van der Waals surface area contributed by atoms with Crippen molar-refractivity contribution in [3.05, 3.63) is 0 Å². The summed E-state index contributed by atoms with van der Waals surface area (Å²) < 4.78 is 10.8. The molecule has 1 amide bonds. The molecule has 2 aliphatic heterocycles. The van der Waals surface area contributed by atoms with E-state index in [1.807, 2.05) is 4.90 Å². The Kier molecular flexibility index (Phi) is 4.97. The molecule has 0 bridgehead atoms. The van der Waals surface area contributed by atoms with Crippen LogP contribution in [0.1, 0.15) is 25.7 Å². The van der Waals surface area contributed by atoms with Crippen molar-refractivity contribution in [3.63, 3.8) is 0 Å². The Morgan fingerprint density at radius 2 is 2.33 bits per heavy atom. The highest BCUT2D eigenvalue weighted by atomic mass is 16.5. The van der Waals surface area contributed by atoms with Gasteiger partial charge in [0, 0.05) is 32.8 Å². The van der Waals surface area contributed by atoms with E-state index < -0.39 is 0 Å². The van der Waals surface area contributed by atoms with Crippen LogP contribution in [0.15, 0.2) is 0 Å². The molecule has 0 spiro atoms. The molecule has 3 atom stereocenters. The van der Waals surface area contributed by atoms with E-state index in [2.05, 4.69) is 0 Å². The normalized spacial score (nSPS) is 33.4. The predicted molar refractivity (Wildman–Crippen MR) is 68.1 cm³/mol. The Bertz CT molecular complexity index is 279. The summed E-state index contributed by atoms with van der Waals surface area (Å²) in [5, 5.41) is 0. The fourth-order valence-electron chi connectivity index (χ4n) is 2.91. The molecule has 0 aliphatic carbocycles. The maximum atomic E-state index is 12.5. The molecule has 5 heteroatoms. The number of likely N-dealkylation sites (tertiary alicyclic amines) is 1. The first kappa shape index (κ1) is 13.8. The highest BCUT2D eigenvalue weighted by Gasteiger charge is 2.34. The molecule has 2 N–H and O–H groups in total. The number of ether oxygens (including phenoxy) is 2. The van der Waals surface area contributed by atoms with Crippen molar-refractivity contribution >= 4 is 5.91 Å². The molecule has 5 nitrogen and oxygen atoms in total. The Hall–Kier alpha value is -0.650. The number of amides is 1. The van der Waals surface area contributed by atoms with E-state index in [1.165, 1.54) is 0 Å². The number of piperidine rings is 1. The summed E-state index contributed by atoms with van der Waals surface area (Å²) in [6, 6.07) is 0.123. The van der Waals surface area contributed by atoms with Gasteiger partial charge in [-0.25, -0.2) is 0 Å². The van der Waals surface area contributed by atoms with Crippen LogP contribution < -0.4 is 5.73 Å². The number of carbonyl (C=O) groups is 1. The smallest absolute Gasteiger partial charge is 0.228 e. The monoisotopic (exact) mass is 256 g/mol. The maximum absolute atomic E-state index is 12.5. The zero-order valence-electron chi connectivity index (χ0n) is 11.1. The van der Waals surface area contributed by atoms with E-state index >= 15 is 0 Å². The minimum absolute atomic E-state index is 0.0342. The molecule has 2 fully saturated rings. The second-order valence-electron chi connectivity index (χ2n) is 5.22. The molecule has 104 valence electrons. The molecule has 2 rings (SSSR count). The fourth-order valence-corrected chi connectivity index (χ4v) is 2.91. The lowest BCUT2D eigenvalue weighted by Gasteiger charge is -2.40. The van der Waals surface area contributed by atoms with Crippen LogP contribution in [0, 0.1) is 5.92 Å². The van der Waals surface area contributed by atoms with Gasteiger partial charge >= 0.3 is 0 Å². The van der Waals surface area contributed by atoms with Gasteiger partial charge in [-0.15, -0.1) is 0 Å². The number of nitrogens with zero attached hydrogens (tertiary/aromatic N) is 1. The second kappa shape index (κ2) is 6.50. The number of hydrogen-bond acceptors (Lipinski definition) is 4. The first-order chi connectivity index (χ1) is 8.76. The van der Waals surface area contributed by atoms with Gasteiger partial charge in [0.2, 0.25) is 5.91 Å². The topological polar surface area (TPSA) is 64.8 Å². The van der Waals surface area contributed by atoms with Gasteiger partial charge in [-0.1, -0.05) is 0 Å². The van der Waals surface area contributed by atoms with Crippen LogP contribution in [0.3, 0.4) is 0 Å². The second-order valence-corrected chi connectivity index (χ2v) is 5.22. The lowest BCUT2D eigenvalue weighted by atomic mass is 9.94. The molecule has 0 saturated carbocycles. The third-order valence-electron chi connectivity index (χ3n) is 4.07. The van der Waals surface area contributed by atoms with Crippen LogP contribution >= 0.6 is 0 Å². The molecule has 2 saturated heterocycles. The SMILES string of the molecule is COC1CCN(C(=O)C2CCCOC2)C(CN)C1. The van der Waals surface area contributed by atoms with E-state index in [0.29, 0.717) is 13.2 Å². The Morgan fingerprint density at radius 1 is 1.50 bits per heavy atom. The molecule has 0 aromatic heterocycles. The highest BCUT2D eigenvalue weighted by Crippen LogP contribution is 2.24. The summed E-state index contributed by atoms with van der Waals surface area (Å²) in [5.74, 6) is 0.256. The average Bonchev–Trinajstić information content (AvgIpc) is 2.46. The third kappa shape index (κ3) is 3.02. The van der Waals surface area contributed by atoms with Crippen LogP contribution in [0.5, 0.6) is 0 Å². The van der Waals surface area contributed by atoms with E-state index in [1.54, 1.807) is 7.11 Å². The van der Waals surface area contributed by atoms with Gasteiger partial charge in [-0.05, 0) is 25.7 Å². The highest BCUT2D eigenvalue weighted by molar-refractivity contribution is 5.79. The number of methoxy groups -OCH3 is 1. The van der Waals surface area contributed by atoms with Crippen molar-refractivity contribution in [2.75, 3.05) is 33.4 Å². The van der Waals surface area contributed by atoms with Crippen molar-refractivity contribution in [2.24, 2.45) is 11.7 Å². The van der Waals surface area contributed by atoms with Crippen molar-refractivity contribution < 1.29 is 14.3 Å². The van der Waals surface area contributed by atoms with E-state index in [9.17, 15) is 4.79 Å². The van der Waals surface area contributed by atoms with Crippen molar-refractivity contribution in [1.29, 1.82) is 0 Å². The predicted octanol–water partition coefficient (Wildman–Crippen LogP) is 0.378. The summed E-state index contributed by atoms with van der Waals surface area (Å²) in [6.07, 6.45) is 3.93. The molecule has 0 aromatic rings. The van der Waals surface area contributed by atoms with Gasteiger partial charge in [-0.3, -0.25) is 4.79 Å². The molecule has 18 heavy (non-hydrogen) atoms. The zero-order chi connectivity index (χ0) is 13.0. The molecule has 0 aromatic carbocycles. The van der Waals surface area contributed by atoms with Crippen LogP contribution in [-0.4, -0.2) is 56.4 Å². The van der Waals surface area contributed by atoms with E-state index in [-0.39, 0.29) is 24.0 Å². The summed E-state index contributed by atoms with van der Waals surface area (Å²) in [4.78, 5) is 14.4. The van der Waals surface area contributed by atoms with Gasteiger partial charge in [0.15, 0.2) is 0 Å². The van der Waals surface area contributed by atoms with Crippen LogP contribution in [0.2, 0.25) is 0 Å². The summed E-state index contributed by atoms with van der Waals surface area (Å²) in [7, 11) is 1.73. The van der Waals surface area contributed by atoms with Gasteiger partial charge in [-0.2, -0.15) is 0 Å². The zero-order valence-corrected chi connectivity index (χ0v) is 11.1. The quantitative estimate of drug-likeness (QED) is 0.793. The summed E-state index contributed by atoms with van der Waals surface area (Å²) >= 11 is 0. The minimum Gasteiger partial charge on any atom is -0.381 e. The molecule has 2 heterocycles. The fraction of sp³-hybridized carbons (Fsp3) is 0.923. The molecular formula is C13H24N2O3. The summed E-state index contributed by atoms with van der Waals surface area (Å²) in [6.45, 7) is 2.63. The summed E-state index contributed by atoms with van der Waals surface area (Å²) in [5.41, 5.74) is 5.80. The van der Waals surface area contributed by atoms with Crippen LogP contribution in [0.25, 0.3) is 0 Å². The standard InChI is InChI=1S/C13H24N2O3/c1-17-12-4-5-15(11(7-12)8-14)13(16)10-3-2-6-18-9-10/h10-12H,2-9,14H2,1H3. The Morgan fingerprint density at radius 3 is 2.94 bits per heavy atom. The Labute approximate surface area is 109 Å². The lowest BCUT2D eigenvalue weighted by Crippen LogP contribution is -2.53. The van der Waals surface area contributed by atoms with Gasteiger partial charge in [0.05, 0.1) is 18.6 Å². The first-order valence-electron chi connectivity index (χ1n) is 6.87. The minimum atomic E-state index is 0.0342. The molecule has 3 unspecified atom stereocenters. The van der Waals surface area contributed by atoms with Crippen molar-refractivity contribution in [1.82, 2.24) is 4.90 Å². The van der Waals surface area contributed by atoms with E-state index in [4.69, 9.17) is 15.2 Å². The van der Waals surface area contributed by atoms with Crippen LogP contribution in [0.4, 0.5) is 0 Å². The van der Waals surface area contributed by atoms with Crippen LogP contribution in [-0.2, 0) is 14.3 Å². The third-order valence-corrected chi connectivity index (χ3v) is 4.07. The van der Waals surface area contributed by atoms with Gasteiger partial charge in [0.25, 0.3) is 0 Å². The number of hydrogen-bond donors (Lipinski definition) is 1. The average molecular weight is 256 g/mol. The van der Waals surface area contributed by atoms with Crippen molar-refractivity contribution in [2.45, 2.75) is 37.8 Å². The van der Waals surface area contributed by atoms with Crippen molar-refractivity contribution in [3.8, 4) is 0 Å². The largest absolute Gasteiger partial charge is 0.381 e. The molecule has 2 aliphatic rings. The number of rotatable bonds is 3.